The van der Waals surface area contributed by atoms with Gasteiger partial charge < -0.3 is 9.64 Å². The third-order valence-corrected chi connectivity index (χ3v) is 6.40. The molecule has 1 saturated heterocycles. The van der Waals surface area contributed by atoms with Crippen LogP contribution in [-0.2, 0) is 9.59 Å². The fraction of sp³-hybridized carbons (Fsp3) is 0.214. The minimum Gasteiger partial charge on any atom is -0.426 e. The van der Waals surface area contributed by atoms with E-state index in [4.69, 9.17) is 4.74 Å². The molecule has 0 saturated carbocycles. The molecule has 0 N–H and O–H groups in total. The molecule has 0 aromatic heterocycles. The molecule has 2 heterocycles. The Morgan fingerprint density at radius 3 is 2.09 bits per heavy atom. The van der Waals surface area contributed by atoms with Crippen molar-refractivity contribution in [3.63, 3.8) is 0 Å². The number of esters is 1. The quantitative estimate of drug-likeness (QED) is 0.323. The van der Waals surface area contributed by atoms with E-state index in [1.807, 2.05) is 32.0 Å². The molecule has 1 fully saturated rings. The highest BCUT2D eigenvalue weighted by Gasteiger charge is 2.38. The molecule has 1 atom stereocenters. The summed E-state index contributed by atoms with van der Waals surface area (Å²) in [5.41, 5.74) is 4.67. The molecule has 0 unspecified atom stereocenters. The fourth-order valence-corrected chi connectivity index (χ4v) is 4.77. The maximum absolute atomic E-state index is 12.9. The van der Waals surface area contributed by atoms with Crippen LogP contribution in [-0.4, -0.2) is 30.2 Å². The summed E-state index contributed by atoms with van der Waals surface area (Å²) in [6, 6.07) is 17.4. The second-order valence-electron chi connectivity index (χ2n) is 9.11. The van der Waals surface area contributed by atoms with Gasteiger partial charge in [-0.3, -0.25) is 19.2 Å². The van der Waals surface area contributed by atoms with Crippen molar-refractivity contribution in [1.29, 1.82) is 0 Å². The first kappa shape index (κ1) is 22.5. The highest BCUT2D eigenvalue weighted by molar-refractivity contribution is 6.34. The van der Waals surface area contributed by atoms with Gasteiger partial charge in [0.1, 0.15) is 5.75 Å². The Morgan fingerprint density at radius 1 is 0.857 bits per heavy atom. The summed E-state index contributed by atoms with van der Waals surface area (Å²) in [5.74, 6) is -1.65. The van der Waals surface area contributed by atoms with Crippen molar-refractivity contribution in [1.82, 2.24) is 0 Å². The molecule has 35 heavy (non-hydrogen) atoms. The van der Waals surface area contributed by atoms with Crippen LogP contribution < -0.4 is 14.5 Å². The summed E-state index contributed by atoms with van der Waals surface area (Å²) < 4.78 is 5.59. The molecular weight excluding hydrogens is 444 g/mol. The minimum atomic E-state index is -0.584. The molecule has 0 spiro atoms. The third kappa shape index (κ3) is 3.99. The van der Waals surface area contributed by atoms with E-state index < -0.39 is 11.9 Å². The lowest BCUT2D eigenvalue weighted by atomic mass is 10.1. The van der Waals surface area contributed by atoms with Gasteiger partial charge in [-0.05, 0) is 79.9 Å². The monoisotopic (exact) mass is 468 g/mol. The molecule has 3 aromatic carbocycles. The van der Waals surface area contributed by atoms with Crippen LogP contribution in [0.1, 0.15) is 43.8 Å². The largest absolute Gasteiger partial charge is 0.426 e. The highest BCUT2D eigenvalue weighted by atomic mass is 16.5. The van der Waals surface area contributed by atoms with Crippen molar-refractivity contribution in [3.8, 4) is 5.75 Å². The van der Waals surface area contributed by atoms with E-state index in [-0.39, 0.29) is 30.7 Å². The number of fused-ring (bicyclic) bond motifs is 1. The number of amides is 3. The van der Waals surface area contributed by atoms with Gasteiger partial charge in [-0.2, -0.15) is 0 Å². The summed E-state index contributed by atoms with van der Waals surface area (Å²) >= 11 is 0. The Balaban J connectivity index is 1.31. The number of hydrogen-bond donors (Lipinski definition) is 0. The smallest absolute Gasteiger partial charge is 0.316 e. The molecule has 3 aromatic rings. The zero-order valence-electron chi connectivity index (χ0n) is 19.7. The number of rotatable bonds is 4. The average molecular weight is 469 g/mol. The first-order valence-corrected chi connectivity index (χ1v) is 11.4. The highest BCUT2D eigenvalue weighted by Crippen LogP contribution is 2.33. The Morgan fingerprint density at radius 2 is 1.49 bits per heavy atom. The number of benzene rings is 3. The first-order valence-electron chi connectivity index (χ1n) is 11.4. The lowest BCUT2D eigenvalue weighted by Gasteiger charge is -2.19. The summed E-state index contributed by atoms with van der Waals surface area (Å²) in [5, 5.41) is 0. The number of carbonyl (C=O) groups is 4. The van der Waals surface area contributed by atoms with Crippen LogP contribution in [0.2, 0.25) is 0 Å². The number of imide groups is 1. The van der Waals surface area contributed by atoms with Crippen LogP contribution in [0.3, 0.4) is 0 Å². The van der Waals surface area contributed by atoms with Crippen molar-refractivity contribution >= 4 is 35.1 Å². The number of carbonyl (C=O) groups excluding carboxylic acids is 4. The predicted molar refractivity (Wildman–Crippen MR) is 131 cm³/mol. The van der Waals surface area contributed by atoms with Gasteiger partial charge in [-0.15, -0.1) is 0 Å². The van der Waals surface area contributed by atoms with Crippen LogP contribution in [0.15, 0.2) is 60.7 Å². The van der Waals surface area contributed by atoms with Gasteiger partial charge in [0.15, 0.2) is 0 Å². The first-order chi connectivity index (χ1) is 16.7. The van der Waals surface area contributed by atoms with Gasteiger partial charge >= 0.3 is 5.97 Å². The Kier molecular flexibility index (Phi) is 5.47. The topological polar surface area (TPSA) is 84.0 Å². The summed E-state index contributed by atoms with van der Waals surface area (Å²) in [6.45, 7) is 5.94. The predicted octanol–water partition coefficient (Wildman–Crippen LogP) is 4.37. The lowest BCUT2D eigenvalue weighted by Crippen LogP contribution is -2.30. The lowest BCUT2D eigenvalue weighted by molar-refractivity contribution is -0.139. The Hall–Kier alpha value is -4.26. The van der Waals surface area contributed by atoms with Crippen LogP contribution in [0.5, 0.6) is 5.75 Å². The Labute approximate surface area is 202 Å². The van der Waals surface area contributed by atoms with E-state index in [2.05, 4.69) is 0 Å². The second-order valence-corrected chi connectivity index (χ2v) is 9.11. The summed E-state index contributed by atoms with van der Waals surface area (Å²) in [4.78, 5) is 53.8. The number of nitrogens with zero attached hydrogens (tertiary/aromatic N) is 2. The van der Waals surface area contributed by atoms with Gasteiger partial charge in [0, 0.05) is 18.7 Å². The van der Waals surface area contributed by atoms with Gasteiger partial charge in [-0.25, -0.2) is 4.90 Å². The van der Waals surface area contributed by atoms with Crippen LogP contribution in [0, 0.1) is 26.7 Å². The average Bonchev–Trinajstić information content (AvgIpc) is 3.32. The number of anilines is 2. The summed E-state index contributed by atoms with van der Waals surface area (Å²) in [7, 11) is 0. The molecule has 0 radical (unpaired) electrons. The van der Waals surface area contributed by atoms with Crippen molar-refractivity contribution in [2.24, 2.45) is 5.92 Å². The van der Waals surface area contributed by atoms with E-state index in [0.29, 0.717) is 28.1 Å². The standard InChI is InChI=1S/C28H24N2O5/c1-16-10-17(2)12-20(11-16)29-15-19(14-25(29)31)28(34)35-21-8-9-24(18(3)13-21)30-26(32)22-6-4-5-7-23(22)27(30)33/h4-13,19H,14-15H2,1-3H3/t19-/m1/s1. The van der Waals surface area contributed by atoms with Crippen LogP contribution >= 0.6 is 0 Å². The maximum atomic E-state index is 12.9. The molecule has 0 aliphatic carbocycles. The molecule has 0 bridgehead atoms. The van der Waals surface area contributed by atoms with E-state index in [1.165, 1.54) is 0 Å². The van der Waals surface area contributed by atoms with Crippen molar-refractivity contribution < 1.29 is 23.9 Å². The van der Waals surface area contributed by atoms with Crippen molar-refractivity contribution in [2.45, 2.75) is 27.2 Å². The zero-order chi connectivity index (χ0) is 24.9. The SMILES string of the molecule is Cc1cc(C)cc(N2C[C@H](C(=O)Oc3ccc(N4C(=O)c5ccccc5C4=O)c(C)c3)CC2=O)c1. The number of aryl methyl sites for hydroxylation is 3. The zero-order valence-corrected chi connectivity index (χ0v) is 19.7. The minimum absolute atomic E-state index is 0.0813. The summed E-state index contributed by atoms with van der Waals surface area (Å²) in [6.07, 6.45) is 0.0813. The van der Waals surface area contributed by atoms with Crippen molar-refractivity contribution in [2.75, 3.05) is 16.3 Å². The fourth-order valence-electron chi connectivity index (χ4n) is 4.77. The normalized spacial score (nSPS) is 17.2. The van der Waals surface area contributed by atoms with Crippen molar-refractivity contribution in [3.05, 3.63) is 88.5 Å². The van der Waals surface area contributed by atoms with Gasteiger partial charge in [-0.1, -0.05) is 18.2 Å². The van der Waals surface area contributed by atoms with E-state index in [0.717, 1.165) is 21.7 Å². The van der Waals surface area contributed by atoms with E-state index >= 15 is 0 Å². The van der Waals surface area contributed by atoms with Gasteiger partial charge in [0.25, 0.3) is 11.8 Å². The molecule has 176 valence electrons. The molecule has 2 aliphatic rings. The van der Waals surface area contributed by atoms with E-state index in [9.17, 15) is 19.2 Å². The number of ether oxygens (including phenoxy) is 1. The third-order valence-electron chi connectivity index (χ3n) is 6.40. The molecule has 7 heteroatoms. The second kappa shape index (κ2) is 8.51. The molecular formula is C28H24N2O5. The molecule has 2 aliphatic heterocycles. The maximum Gasteiger partial charge on any atom is 0.316 e. The molecule has 7 nitrogen and oxygen atoms in total. The van der Waals surface area contributed by atoms with Crippen LogP contribution in [0.25, 0.3) is 0 Å². The van der Waals surface area contributed by atoms with Gasteiger partial charge in [0.2, 0.25) is 5.91 Å². The van der Waals surface area contributed by atoms with Crippen LogP contribution in [0.4, 0.5) is 11.4 Å². The van der Waals surface area contributed by atoms with E-state index in [1.54, 1.807) is 54.3 Å². The Bertz CT molecular complexity index is 1350. The molecule has 5 rings (SSSR count). The van der Waals surface area contributed by atoms with Gasteiger partial charge in [0.05, 0.1) is 22.7 Å². The number of hydrogen-bond acceptors (Lipinski definition) is 5. The molecule has 3 amide bonds.